The van der Waals surface area contributed by atoms with Crippen LogP contribution in [0.25, 0.3) is 0 Å². The smallest absolute Gasteiger partial charge is 0.307 e. The highest BCUT2D eigenvalue weighted by atomic mass is 16.4. The van der Waals surface area contributed by atoms with Gasteiger partial charge in [0.05, 0.1) is 12.8 Å². The Hall–Kier alpha value is -2.64. The lowest BCUT2D eigenvalue weighted by atomic mass is 10.4. The fourth-order valence-electron chi connectivity index (χ4n) is 1.95. The Balaban J connectivity index is 1.89. The Kier molecular flexibility index (Phi) is 4.70. The molecule has 0 spiro atoms. The van der Waals surface area contributed by atoms with Crippen LogP contribution in [0, 0.1) is 0 Å². The van der Waals surface area contributed by atoms with Gasteiger partial charge in [0.15, 0.2) is 0 Å². The second kappa shape index (κ2) is 6.69. The van der Waals surface area contributed by atoms with Gasteiger partial charge >= 0.3 is 11.9 Å². The SMILES string of the molecule is O=C(O)CCn1cc[n+](C[n+]2ccn(CCC(=O)O)c2)c1. The van der Waals surface area contributed by atoms with Gasteiger partial charge in [-0.15, -0.1) is 0 Å². The molecule has 8 nitrogen and oxygen atoms in total. The third-order valence-corrected chi connectivity index (χ3v) is 2.99. The molecule has 0 unspecified atom stereocenters. The molecule has 2 aromatic rings. The topological polar surface area (TPSA) is 92.2 Å². The van der Waals surface area contributed by atoms with Crippen molar-refractivity contribution in [3.05, 3.63) is 37.4 Å². The van der Waals surface area contributed by atoms with E-state index in [2.05, 4.69) is 0 Å². The predicted octanol–water partition coefficient (Wildman–Crippen LogP) is -0.680. The van der Waals surface area contributed by atoms with E-state index in [0.29, 0.717) is 19.8 Å². The van der Waals surface area contributed by atoms with Gasteiger partial charge in [-0.1, -0.05) is 0 Å². The summed E-state index contributed by atoms with van der Waals surface area (Å²) in [4.78, 5) is 21.0. The highest BCUT2D eigenvalue weighted by Crippen LogP contribution is 1.91. The number of rotatable bonds is 8. The fourth-order valence-corrected chi connectivity index (χ4v) is 1.95. The molecule has 0 aliphatic rings. The number of hydrogen-bond acceptors (Lipinski definition) is 2. The van der Waals surface area contributed by atoms with Gasteiger partial charge in [0.25, 0.3) is 0 Å². The zero-order chi connectivity index (χ0) is 15.2. The Morgan fingerprint density at radius 3 is 1.67 bits per heavy atom. The van der Waals surface area contributed by atoms with Crippen LogP contribution in [0.3, 0.4) is 0 Å². The van der Waals surface area contributed by atoms with Gasteiger partial charge < -0.3 is 10.2 Å². The van der Waals surface area contributed by atoms with Crippen molar-refractivity contribution >= 4 is 11.9 Å². The molecule has 0 aliphatic heterocycles. The minimum absolute atomic E-state index is 0.0907. The van der Waals surface area contributed by atoms with Crippen LogP contribution in [0.5, 0.6) is 0 Å². The monoisotopic (exact) mass is 294 g/mol. The second-order valence-corrected chi connectivity index (χ2v) is 4.76. The summed E-state index contributed by atoms with van der Waals surface area (Å²) >= 11 is 0. The predicted molar refractivity (Wildman–Crippen MR) is 69.2 cm³/mol. The number of carboxylic acid groups (broad SMARTS) is 2. The third-order valence-electron chi connectivity index (χ3n) is 2.99. The summed E-state index contributed by atoms with van der Waals surface area (Å²) in [6, 6.07) is 0. The normalized spacial score (nSPS) is 10.7. The van der Waals surface area contributed by atoms with Crippen LogP contribution < -0.4 is 9.13 Å². The zero-order valence-electron chi connectivity index (χ0n) is 11.5. The van der Waals surface area contributed by atoms with E-state index in [0.717, 1.165) is 0 Å². The maximum atomic E-state index is 10.5. The lowest BCUT2D eigenvalue weighted by molar-refractivity contribution is -0.912. The quantitative estimate of drug-likeness (QED) is 0.631. The summed E-state index contributed by atoms with van der Waals surface area (Å²) in [5, 5.41) is 17.3. The van der Waals surface area contributed by atoms with Crippen LogP contribution in [0.15, 0.2) is 37.4 Å². The van der Waals surface area contributed by atoms with Crippen LogP contribution in [0.2, 0.25) is 0 Å². The van der Waals surface area contributed by atoms with E-state index in [1.165, 1.54) is 0 Å². The minimum Gasteiger partial charge on any atom is -0.481 e. The highest BCUT2D eigenvalue weighted by molar-refractivity contribution is 5.66. The molecule has 0 amide bonds. The molecule has 21 heavy (non-hydrogen) atoms. The Bertz CT molecular complexity index is 577. The van der Waals surface area contributed by atoms with Gasteiger partial charge in [-0.05, 0) is 0 Å². The average molecular weight is 294 g/mol. The molecule has 0 aromatic carbocycles. The number of aliphatic carboxylic acids is 2. The summed E-state index contributed by atoms with van der Waals surface area (Å²) < 4.78 is 7.47. The molecule has 0 saturated heterocycles. The molecule has 0 bridgehead atoms. The van der Waals surface area contributed by atoms with Crippen LogP contribution in [0.1, 0.15) is 12.8 Å². The van der Waals surface area contributed by atoms with Crippen molar-refractivity contribution in [3.8, 4) is 0 Å². The highest BCUT2D eigenvalue weighted by Gasteiger charge is 2.10. The van der Waals surface area contributed by atoms with Crippen LogP contribution in [0.4, 0.5) is 0 Å². The Labute approximate surface area is 121 Å². The lowest BCUT2D eigenvalue weighted by Gasteiger charge is -1.93. The molecule has 0 saturated carbocycles. The molecule has 2 N–H and O–H groups in total. The number of aryl methyl sites for hydroxylation is 2. The molecule has 112 valence electrons. The first-order valence-corrected chi connectivity index (χ1v) is 6.56. The molecule has 0 fully saturated rings. The number of aromatic nitrogens is 4. The fraction of sp³-hybridized carbons (Fsp3) is 0.385. The summed E-state index contributed by atoms with van der Waals surface area (Å²) in [6.45, 7) is 1.46. The van der Waals surface area contributed by atoms with Crippen molar-refractivity contribution in [2.24, 2.45) is 0 Å². The first-order valence-electron chi connectivity index (χ1n) is 6.56. The van der Waals surface area contributed by atoms with Crippen LogP contribution in [-0.2, 0) is 29.3 Å². The van der Waals surface area contributed by atoms with Crippen molar-refractivity contribution in [1.29, 1.82) is 0 Å². The third kappa shape index (κ3) is 4.75. The molecular weight excluding hydrogens is 276 g/mol. The maximum Gasteiger partial charge on any atom is 0.307 e. The molecular formula is C13H18N4O4+2. The van der Waals surface area contributed by atoms with Crippen molar-refractivity contribution in [3.63, 3.8) is 0 Å². The zero-order valence-corrected chi connectivity index (χ0v) is 11.5. The van der Waals surface area contributed by atoms with Crippen LogP contribution >= 0.6 is 0 Å². The van der Waals surface area contributed by atoms with Gasteiger partial charge in [0.2, 0.25) is 19.3 Å². The summed E-state index contributed by atoms with van der Waals surface area (Å²) in [6.07, 6.45) is 11.2. The molecule has 8 heteroatoms. The summed E-state index contributed by atoms with van der Waals surface area (Å²) in [7, 11) is 0. The average Bonchev–Trinajstić information content (AvgIpc) is 3.04. The van der Waals surface area contributed by atoms with Crippen LogP contribution in [-0.4, -0.2) is 31.3 Å². The van der Waals surface area contributed by atoms with E-state index in [1.54, 1.807) is 0 Å². The lowest BCUT2D eigenvalue weighted by Crippen LogP contribution is -2.49. The van der Waals surface area contributed by atoms with Gasteiger partial charge in [-0.25, -0.2) is 9.13 Å². The van der Waals surface area contributed by atoms with E-state index in [9.17, 15) is 9.59 Å². The van der Waals surface area contributed by atoms with E-state index >= 15 is 0 Å². The van der Waals surface area contributed by atoms with Crippen molar-refractivity contribution < 1.29 is 28.9 Å². The first-order chi connectivity index (χ1) is 10.0. The molecule has 2 aromatic heterocycles. The van der Waals surface area contributed by atoms with Gasteiger partial charge in [-0.3, -0.25) is 9.59 Å². The molecule has 0 radical (unpaired) electrons. The van der Waals surface area contributed by atoms with E-state index in [4.69, 9.17) is 10.2 Å². The number of nitrogens with zero attached hydrogens (tertiary/aromatic N) is 4. The van der Waals surface area contributed by atoms with E-state index < -0.39 is 11.9 Å². The maximum absolute atomic E-state index is 10.5. The Morgan fingerprint density at radius 1 is 0.857 bits per heavy atom. The van der Waals surface area contributed by atoms with Crippen molar-refractivity contribution in [2.75, 3.05) is 0 Å². The second-order valence-electron chi connectivity index (χ2n) is 4.76. The summed E-state index contributed by atoms with van der Waals surface area (Å²) in [5.74, 6) is -1.64. The standard InChI is InChI=1S/C13H16N4O4/c18-12(19)1-3-14-5-7-16(9-14)11-17-8-6-15(10-17)4-2-13(20)21/h5-10H,1-4,11H2/p+2. The number of imidazole rings is 2. The molecule has 2 heterocycles. The van der Waals surface area contributed by atoms with E-state index in [-0.39, 0.29) is 12.8 Å². The largest absolute Gasteiger partial charge is 0.481 e. The van der Waals surface area contributed by atoms with E-state index in [1.807, 2.05) is 55.7 Å². The van der Waals surface area contributed by atoms with Gasteiger partial charge in [0.1, 0.15) is 37.9 Å². The molecule has 0 atom stereocenters. The molecule has 0 aliphatic carbocycles. The van der Waals surface area contributed by atoms with Gasteiger partial charge in [-0.2, -0.15) is 9.13 Å². The number of carboxylic acids is 2. The first kappa shape index (κ1) is 14.8. The number of carbonyl (C=O) groups is 2. The Morgan fingerprint density at radius 2 is 1.29 bits per heavy atom. The molecule has 2 rings (SSSR count). The minimum atomic E-state index is -0.819. The van der Waals surface area contributed by atoms with Gasteiger partial charge in [0, 0.05) is 0 Å². The van der Waals surface area contributed by atoms with Crippen molar-refractivity contribution in [1.82, 2.24) is 9.13 Å². The number of hydrogen-bond donors (Lipinski definition) is 2. The summed E-state index contributed by atoms with van der Waals surface area (Å²) in [5.41, 5.74) is 0. The van der Waals surface area contributed by atoms with Crippen molar-refractivity contribution in [2.45, 2.75) is 32.6 Å².